The first kappa shape index (κ1) is 42.8. The molecule has 0 saturated carbocycles. The number of rotatable bonds is 7. The van der Waals surface area contributed by atoms with Gasteiger partial charge >= 0.3 is 12.1 Å². The third kappa shape index (κ3) is 11.4. The van der Waals surface area contributed by atoms with Crippen LogP contribution in [0.4, 0.5) is 18.9 Å². The second kappa shape index (κ2) is 19.3. The summed E-state index contributed by atoms with van der Waals surface area (Å²) in [5, 5.41) is 24.5. The van der Waals surface area contributed by atoms with Crippen molar-refractivity contribution in [1.29, 1.82) is 0 Å². The molecule has 12 nitrogen and oxygen atoms in total. The van der Waals surface area contributed by atoms with Crippen molar-refractivity contribution in [3.05, 3.63) is 148 Å². The SMILES string of the molecule is O=C1CCC(=O)N[C@H](Cc2cccs2)C(=O)N[C@@H](Cc2ccc(-c3ccccc3)cc2)C(=O)NC(c2ccccc2C(F)(F)F)C(=O)N[C@H](C(=O)O)Cc2ccc(cc2)N1. The van der Waals surface area contributed by atoms with Crippen LogP contribution in [-0.4, -0.2) is 58.7 Å². The maximum absolute atomic E-state index is 14.5. The number of anilines is 1. The highest BCUT2D eigenvalue weighted by Crippen LogP contribution is 2.35. The number of carboxylic acids is 1. The van der Waals surface area contributed by atoms with Crippen molar-refractivity contribution in [3.8, 4) is 11.1 Å². The van der Waals surface area contributed by atoms with Crippen molar-refractivity contribution in [1.82, 2.24) is 21.3 Å². The lowest BCUT2D eigenvalue weighted by molar-refractivity contribution is -0.143. The summed E-state index contributed by atoms with van der Waals surface area (Å²) < 4.78 is 43.4. The first-order valence-corrected chi connectivity index (χ1v) is 19.8. The molecule has 2 aliphatic heterocycles. The van der Waals surface area contributed by atoms with E-state index in [2.05, 4.69) is 26.6 Å². The molecule has 60 heavy (non-hydrogen) atoms. The van der Waals surface area contributed by atoms with Gasteiger partial charge in [-0.15, -0.1) is 11.3 Å². The van der Waals surface area contributed by atoms with Crippen molar-refractivity contribution in [3.63, 3.8) is 0 Å². The minimum Gasteiger partial charge on any atom is -0.480 e. The van der Waals surface area contributed by atoms with Crippen LogP contribution in [0.15, 0.2) is 121 Å². The van der Waals surface area contributed by atoms with Gasteiger partial charge in [0.25, 0.3) is 0 Å². The summed E-state index contributed by atoms with van der Waals surface area (Å²) in [6.07, 6.45) is -6.08. The molecule has 1 aromatic heterocycles. The molecule has 3 heterocycles. The molecule has 2 aliphatic rings. The monoisotopic (exact) mass is 839 g/mol. The fourth-order valence-electron chi connectivity index (χ4n) is 6.69. The zero-order valence-electron chi connectivity index (χ0n) is 31.8. The third-order valence-electron chi connectivity index (χ3n) is 9.77. The molecule has 4 atom stereocenters. The number of nitrogens with one attached hydrogen (secondary N) is 5. The van der Waals surface area contributed by atoms with Crippen molar-refractivity contribution in [2.75, 3.05) is 5.32 Å². The Morgan fingerprint density at radius 2 is 1.28 bits per heavy atom. The van der Waals surface area contributed by atoms with Crippen LogP contribution in [0.5, 0.6) is 0 Å². The zero-order chi connectivity index (χ0) is 42.8. The molecule has 0 radical (unpaired) electrons. The standard InChI is InChI=1S/C44H40F3N5O7S/c45-44(46,47)33-11-5-4-10-32(33)39-42(57)51-36(43(58)59)24-27-14-18-30(19-15-27)48-37(53)20-21-38(54)49-35(25-31-9-6-22-60-31)40(55)50-34(41(56)52-39)23-26-12-16-29(17-13-26)28-7-2-1-3-8-28/h1-19,22,34-36,39H,20-21,23-25H2,(H,48,53)(H,49,54)(H,50,55)(H,51,57)(H,52,56)(H,58,59)/t34-,35+,36-,39?/m0/s1. The van der Waals surface area contributed by atoms with E-state index >= 15 is 0 Å². The number of amides is 5. The Kier molecular flexibility index (Phi) is 13.8. The average Bonchev–Trinajstić information content (AvgIpc) is 3.75. The number of carbonyl (C=O) groups excluding carboxylic acids is 5. The maximum Gasteiger partial charge on any atom is 0.416 e. The second-order valence-electron chi connectivity index (χ2n) is 14.1. The highest BCUT2D eigenvalue weighted by Gasteiger charge is 2.39. The summed E-state index contributed by atoms with van der Waals surface area (Å²) in [6.45, 7) is 0. The maximum atomic E-state index is 14.5. The molecule has 2 bridgehead atoms. The summed E-state index contributed by atoms with van der Waals surface area (Å²) in [7, 11) is 0. The average molecular weight is 840 g/mol. The molecule has 5 aromatic rings. The van der Waals surface area contributed by atoms with Crippen LogP contribution < -0.4 is 26.6 Å². The lowest BCUT2D eigenvalue weighted by Crippen LogP contribution is -2.56. The van der Waals surface area contributed by atoms with Crippen molar-refractivity contribution in [2.24, 2.45) is 0 Å². The highest BCUT2D eigenvalue weighted by atomic mass is 32.1. The second-order valence-corrected chi connectivity index (χ2v) is 15.1. The molecule has 0 saturated heterocycles. The van der Waals surface area contributed by atoms with E-state index in [-0.39, 0.29) is 32.1 Å². The summed E-state index contributed by atoms with van der Waals surface area (Å²) in [5.41, 5.74) is 1.07. The van der Waals surface area contributed by atoms with Gasteiger partial charge in [0.05, 0.1) is 5.56 Å². The number of hydrogen-bond donors (Lipinski definition) is 6. The number of halogens is 3. The van der Waals surface area contributed by atoms with Gasteiger partial charge in [-0.3, -0.25) is 24.0 Å². The molecule has 0 aliphatic carbocycles. The predicted molar refractivity (Wildman–Crippen MR) is 217 cm³/mol. The van der Waals surface area contributed by atoms with Gasteiger partial charge in [0.15, 0.2) is 0 Å². The number of carbonyl (C=O) groups is 6. The van der Waals surface area contributed by atoms with Gasteiger partial charge in [-0.05, 0) is 57.5 Å². The van der Waals surface area contributed by atoms with Gasteiger partial charge in [-0.25, -0.2) is 4.79 Å². The van der Waals surface area contributed by atoms with E-state index < -0.39 is 77.0 Å². The molecule has 6 N–H and O–H groups in total. The molecule has 310 valence electrons. The van der Waals surface area contributed by atoms with Gasteiger partial charge in [0, 0.05) is 42.7 Å². The minimum absolute atomic E-state index is 0.00549. The van der Waals surface area contributed by atoms with Crippen LogP contribution in [0, 0.1) is 0 Å². The molecular formula is C44H40F3N5O7S. The van der Waals surface area contributed by atoms with Gasteiger partial charge < -0.3 is 31.7 Å². The predicted octanol–water partition coefficient (Wildman–Crippen LogP) is 5.59. The topological polar surface area (TPSA) is 183 Å². The molecule has 16 heteroatoms. The lowest BCUT2D eigenvalue weighted by Gasteiger charge is -2.27. The molecule has 4 aromatic carbocycles. The summed E-state index contributed by atoms with van der Waals surface area (Å²) in [5.74, 6) is -5.82. The fraction of sp³-hybridized carbons (Fsp3) is 0.227. The quantitative estimate of drug-likeness (QED) is 0.116. The summed E-state index contributed by atoms with van der Waals surface area (Å²) >= 11 is 1.31. The van der Waals surface area contributed by atoms with Gasteiger partial charge in [0.2, 0.25) is 29.5 Å². The van der Waals surface area contributed by atoms with E-state index in [4.69, 9.17) is 0 Å². The smallest absolute Gasteiger partial charge is 0.416 e. The van der Waals surface area contributed by atoms with E-state index in [1.807, 2.05) is 30.3 Å². The Balaban J connectivity index is 1.40. The third-order valence-corrected chi connectivity index (χ3v) is 10.7. The highest BCUT2D eigenvalue weighted by molar-refractivity contribution is 7.09. The number of benzene rings is 4. The first-order chi connectivity index (χ1) is 28.7. The molecule has 1 unspecified atom stereocenters. The first-order valence-electron chi connectivity index (χ1n) is 18.9. The molecule has 5 amide bonds. The molecule has 0 fully saturated rings. The van der Waals surface area contributed by atoms with Gasteiger partial charge in [-0.1, -0.05) is 91.0 Å². The van der Waals surface area contributed by atoms with E-state index in [0.29, 0.717) is 21.7 Å². The van der Waals surface area contributed by atoms with Crippen LogP contribution in [0.1, 0.15) is 46.0 Å². The molecule has 7 rings (SSSR count). The van der Waals surface area contributed by atoms with Crippen LogP contribution in [0.25, 0.3) is 11.1 Å². The fourth-order valence-corrected chi connectivity index (χ4v) is 7.44. The number of thiophene rings is 1. The normalized spacial score (nSPS) is 19.8. The number of carboxylic acid groups (broad SMARTS) is 1. The van der Waals surface area contributed by atoms with E-state index in [9.17, 15) is 47.0 Å². The molecular weight excluding hydrogens is 800 g/mol. The molecule has 0 spiro atoms. The lowest BCUT2D eigenvalue weighted by atomic mass is 9.96. The number of hydrogen-bond acceptors (Lipinski definition) is 7. The number of fused-ring (bicyclic) bond motifs is 18. The van der Waals surface area contributed by atoms with Crippen LogP contribution in [-0.2, 0) is 54.2 Å². The Labute approximate surface area is 346 Å². The Bertz CT molecular complexity index is 2320. The van der Waals surface area contributed by atoms with E-state index in [0.717, 1.165) is 29.3 Å². The largest absolute Gasteiger partial charge is 0.480 e. The van der Waals surface area contributed by atoms with Crippen LogP contribution in [0.2, 0.25) is 0 Å². The zero-order valence-corrected chi connectivity index (χ0v) is 32.6. The number of alkyl halides is 3. The Hall–Kier alpha value is -6.81. The Morgan fingerprint density at radius 3 is 1.95 bits per heavy atom. The minimum atomic E-state index is -4.99. The number of aliphatic carboxylic acids is 1. The summed E-state index contributed by atoms with van der Waals surface area (Å²) in [6, 6.07) is 23.4. The van der Waals surface area contributed by atoms with Crippen molar-refractivity contribution in [2.45, 2.75) is 62.4 Å². The summed E-state index contributed by atoms with van der Waals surface area (Å²) in [4.78, 5) is 81.9. The van der Waals surface area contributed by atoms with E-state index in [1.54, 1.807) is 41.8 Å². The van der Waals surface area contributed by atoms with Crippen LogP contribution >= 0.6 is 11.3 Å². The van der Waals surface area contributed by atoms with Crippen LogP contribution in [0.3, 0.4) is 0 Å². The van der Waals surface area contributed by atoms with Gasteiger partial charge in [0.1, 0.15) is 24.2 Å². The Morgan fingerprint density at radius 1 is 0.650 bits per heavy atom. The van der Waals surface area contributed by atoms with E-state index in [1.165, 1.54) is 41.7 Å². The van der Waals surface area contributed by atoms with Crippen molar-refractivity contribution < 1.29 is 47.0 Å². The van der Waals surface area contributed by atoms with Crippen molar-refractivity contribution >= 4 is 52.5 Å². The van der Waals surface area contributed by atoms with Gasteiger partial charge in [-0.2, -0.15) is 13.2 Å².